The maximum atomic E-state index is 5.59. The molecule has 0 amide bonds. The molecule has 1 fully saturated rings. The number of aryl methyl sites for hydroxylation is 1. The minimum atomic E-state index is 0.357. The van der Waals surface area contributed by atoms with E-state index < -0.39 is 0 Å². The van der Waals surface area contributed by atoms with Crippen LogP contribution in [-0.4, -0.2) is 16.1 Å². The molecular formula is C10H15ClN2O. The summed E-state index contributed by atoms with van der Waals surface area (Å²) in [6, 6.07) is 0. The smallest absolute Gasteiger partial charge is 0.220 e. The summed E-state index contributed by atoms with van der Waals surface area (Å²) in [7, 11) is 0. The van der Waals surface area contributed by atoms with Gasteiger partial charge in [0.15, 0.2) is 0 Å². The Morgan fingerprint density at radius 3 is 2.79 bits per heavy atom. The van der Waals surface area contributed by atoms with Crippen molar-refractivity contribution in [2.75, 3.05) is 5.88 Å². The highest BCUT2D eigenvalue weighted by Crippen LogP contribution is 2.58. The van der Waals surface area contributed by atoms with E-state index >= 15 is 0 Å². The zero-order chi connectivity index (χ0) is 10.2. The van der Waals surface area contributed by atoms with Gasteiger partial charge in [-0.15, -0.1) is 21.8 Å². The summed E-state index contributed by atoms with van der Waals surface area (Å²) in [6.45, 7) is 4.45. The van der Waals surface area contributed by atoms with Crippen LogP contribution >= 0.6 is 11.6 Å². The van der Waals surface area contributed by atoms with Crippen LogP contribution in [0.15, 0.2) is 4.42 Å². The SMILES string of the molecule is CC1(C)CC1c1nnc(CCCCl)o1. The van der Waals surface area contributed by atoms with Crippen LogP contribution in [0.3, 0.4) is 0 Å². The molecule has 14 heavy (non-hydrogen) atoms. The van der Waals surface area contributed by atoms with Crippen LogP contribution in [0, 0.1) is 5.41 Å². The van der Waals surface area contributed by atoms with Crippen LogP contribution in [0.2, 0.25) is 0 Å². The molecule has 0 bridgehead atoms. The Kier molecular flexibility index (Phi) is 2.52. The number of halogens is 1. The average molecular weight is 215 g/mol. The summed E-state index contributed by atoms with van der Waals surface area (Å²) in [6.07, 6.45) is 2.85. The van der Waals surface area contributed by atoms with E-state index in [0.29, 0.717) is 17.2 Å². The van der Waals surface area contributed by atoms with E-state index in [1.807, 2.05) is 0 Å². The number of rotatable bonds is 4. The molecule has 4 heteroatoms. The molecule has 3 nitrogen and oxygen atoms in total. The van der Waals surface area contributed by atoms with E-state index in [-0.39, 0.29) is 0 Å². The molecule has 1 aromatic rings. The van der Waals surface area contributed by atoms with Crippen molar-refractivity contribution in [1.82, 2.24) is 10.2 Å². The predicted octanol–water partition coefficient (Wildman–Crippen LogP) is 2.75. The maximum absolute atomic E-state index is 5.59. The second kappa shape index (κ2) is 3.54. The summed E-state index contributed by atoms with van der Waals surface area (Å²) >= 11 is 5.59. The third-order valence-corrected chi connectivity index (χ3v) is 3.09. The van der Waals surface area contributed by atoms with Gasteiger partial charge in [0.2, 0.25) is 11.8 Å². The lowest BCUT2D eigenvalue weighted by atomic mass is 10.1. The molecule has 1 aliphatic rings. The summed E-state index contributed by atoms with van der Waals surface area (Å²) in [4.78, 5) is 0. The highest BCUT2D eigenvalue weighted by Gasteiger charge is 2.50. The summed E-state index contributed by atoms with van der Waals surface area (Å²) in [5.41, 5.74) is 0.357. The Balaban J connectivity index is 1.97. The fourth-order valence-corrected chi connectivity index (χ4v) is 1.75. The van der Waals surface area contributed by atoms with Crippen molar-refractivity contribution in [2.24, 2.45) is 5.41 Å². The fourth-order valence-electron chi connectivity index (χ4n) is 1.62. The van der Waals surface area contributed by atoms with Gasteiger partial charge in [-0.25, -0.2) is 0 Å². The van der Waals surface area contributed by atoms with Crippen LogP contribution < -0.4 is 0 Å². The number of hydrogen-bond acceptors (Lipinski definition) is 3. The normalized spacial score (nSPS) is 23.8. The second-order valence-corrected chi connectivity index (χ2v) is 4.95. The van der Waals surface area contributed by atoms with Crippen molar-refractivity contribution >= 4 is 11.6 Å². The van der Waals surface area contributed by atoms with Crippen LogP contribution in [0.5, 0.6) is 0 Å². The summed E-state index contributed by atoms with van der Waals surface area (Å²) in [5, 5.41) is 8.07. The van der Waals surface area contributed by atoms with Crippen molar-refractivity contribution in [3.05, 3.63) is 11.8 Å². The minimum absolute atomic E-state index is 0.357. The summed E-state index contributed by atoms with van der Waals surface area (Å²) < 4.78 is 5.56. The number of alkyl halides is 1. The Bertz CT molecular complexity index is 322. The van der Waals surface area contributed by atoms with E-state index in [1.54, 1.807) is 0 Å². The lowest BCUT2D eigenvalue weighted by Crippen LogP contribution is -1.89. The Hall–Kier alpha value is -0.570. The largest absolute Gasteiger partial charge is 0.425 e. The van der Waals surface area contributed by atoms with Gasteiger partial charge in [0.1, 0.15) is 0 Å². The molecule has 1 aromatic heterocycles. The first kappa shape index (κ1) is 9.97. The lowest BCUT2D eigenvalue weighted by Gasteiger charge is -1.96. The van der Waals surface area contributed by atoms with E-state index in [9.17, 15) is 0 Å². The molecule has 1 atom stereocenters. The molecule has 0 saturated heterocycles. The van der Waals surface area contributed by atoms with Crippen LogP contribution in [0.1, 0.15) is 44.4 Å². The van der Waals surface area contributed by atoms with Gasteiger partial charge in [-0.05, 0) is 18.3 Å². The quantitative estimate of drug-likeness (QED) is 0.724. The first-order valence-electron chi connectivity index (χ1n) is 5.02. The molecular weight excluding hydrogens is 200 g/mol. The van der Waals surface area contributed by atoms with Crippen molar-refractivity contribution in [2.45, 2.75) is 39.0 Å². The molecule has 0 radical (unpaired) electrons. The third kappa shape index (κ3) is 1.92. The van der Waals surface area contributed by atoms with Gasteiger partial charge in [0, 0.05) is 18.2 Å². The molecule has 0 spiro atoms. The minimum Gasteiger partial charge on any atom is -0.425 e. The molecule has 0 N–H and O–H groups in total. The van der Waals surface area contributed by atoms with E-state index in [0.717, 1.165) is 31.0 Å². The highest BCUT2D eigenvalue weighted by molar-refractivity contribution is 6.17. The van der Waals surface area contributed by atoms with Gasteiger partial charge in [-0.3, -0.25) is 0 Å². The van der Waals surface area contributed by atoms with Crippen molar-refractivity contribution in [3.63, 3.8) is 0 Å². The number of hydrogen-bond donors (Lipinski definition) is 0. The zero-order valence-electron chi connectivity index (χ0n) is 8.59. The topological polar surface area (TPSA) is 38.9 Å². The van der Waals surface area contributed by atoms with Crippen LogP contribution in [0.25, 0.3) is 0 Å². The molecule has 0 aliphatic heterocycles. The second-order valence-electron chi connectivity index (χ2n) is 4.57. The van der Waals surface area contributed by atoms with Crippen molar-refractivity contribution in [3.8, 4) is 0 Å². The van der Waals surface area contributed by atoms with Gasteiger partial charge in [-0.2, -0.15) is 0 Å². The molecule has 1 unspecified atom stereocenters. The van der Waals surface area contributed by atoms with E-state index in [4.69, 9.17) is 16.0 Å². The van der Waals surface area contributed by atoms with Gasteiger partial charge < -0.3 is 4.42 Å². The predicted molar refractivity (Wildman–Crippen MR) is 54.5 cm³/mol. The Labute approximate surface area is 88.9 Å². The Morgan fingerprint density at radius 1 is 1.50 bits per heavy atom. The van der Waals surface area contributed by atoms with E-state index in [2.05, 4.69) is 24.0 Å². The lowest BCUT2D eigenvalue weighted by molar-refractivity contribution is 0.431. The van der Waals surface area contributed by atoms with Crippen molar-refractivity contribution < 1.29 is 4.42 Å². The van der Waals surface area contributed by atoms with Crippen molar-refractivity contribution in [1.29, 1.82) is 0 Å². The average Bonchev–Trinajstić information content (AvgIpc) is 2.63. The molecule has 1 aliphatic carbocycles. The van der Waals surface area contributed by atoms with Crippen LogP contribution in [0.4, 0.5) is 0 Å². The van der Waals surface area contributed by atoms with Gasteiger partial charge >= 0.3 is 0 Å². The monoisotopic (exact) mass is 214 g/mol. The van der Waals surface area contributed by atoms with Gasteiger partial charge in [0.05, 0.1) is 0 Å². The number of nitrogens with zero attached hydrogens (tertiary/aromatic N) is 2. The Morgan fingerprint density at radius 2 is 2.21 bits per heavy atom. The first-order chi connectivity index (χ1) is 6.63. The summed E-state index contributed by atoms with van der Waals surface area (Å²) in [5.74, 6) is 2.65. The maximum Gasteiger partial charge on any atom is 0.220 e. The van der Waals surface area contributed by atoms with Crippen LogP contribution in [-0.2, 0) is 6.42 Å². The molecule has 0 aromatic carbocycles. The molecule has 78 valence electrons. The van der Waals surface area contributed by atoms with E-state index in [1.165, 1.54) is 0 Å². The standard InChI is InChI=1S/C10H15ClN2O/c1-10(2)6-7(10)9-13-12-8(14-9)4-3-5-11/h7H,3-6H2,1-2H3. The highest BCUT2D eigenvalue weighted by atomic mass is 35.5. The van der Waals surface area contributed by atoms with Gasteiger partial charge in [-0.1, -0.05) is 13.8 Å². The fraction of sp³-hybridized carbons (Fsp3) is 0.800. The third-order valence-electron chi connectivity index (χ3n) is 2.82. The van der Waals surface area contributed by atoms with Gasteiger partial charge in [0.25, 0.3) is 0 Å². The molecule has 1 heterocycles. The zero-order valence-corrected chi connectivity index (χ0v) is 9.34. The molecule has 2 rings (SSSR count). The number of aromatic nitrogens is 2. The molecule has 1 saturated carbocycles. The first-order valence-corrected chi connectivity index (χ1v) is 5.55.